The average molecular weight is 212 g/mol. The van der Waals surface area contributed by atoms with E-state index in [9.17, 15) is 0 Å². The molecule has 0 saturated heterocycles. The van der Waals surface area contributed by atoms with Crippen LogP contribution < -0.4 is 11.3 Å². The lowest BCUT2D eigenvalue weighted by molar-refractivity contribution is 0.183. The molecule has 0 fully saturated rings. The summed E-state index contributed by atoms with van der Waals surface area (Å²) in [5.74, 6) is 5.49. The minimum atomic E-state index is 0.121. The van der Waals surface area contributed by atoms with Gasteiger partial charge in [-0.25, -0.2) is 0 Å². The Labute approximate surface area is 90.6 Å². The molecule has 1 heterocycles. The first-order valence-corrected chi connectivity index (χ1v) is 5.29. The molecule has 1 rings (SSSR count). The SMILES string of the molecule is CCCn1cc(C(CCOC)NN)cn1. The summed E-state index contributed by atoms with van der Waals surface area (Å²) >= 11 is 0. The highest BCUT2D eigenvalue weighted by atomic mass is 16.5. The number of aromatic nitrogens is 2. The van der Waals surface area contributed by atoms with Gasteiger partial charge in [-0.2, -0.15) is 5.10 Å². The highest BCUT2D eigenvalue weighted by Crippen LogP contribution is 2.14. The third kappa shape index (κ3) is 3.62. The van der Waals surface area contributed by atoms with E-state index >= 15 is 0 Å². The van der Waals surface area contributed by atoms with Crippen LogP contribution in [0.5, 0.6) is 0 Å². The van der Waals surface area contributed by atoms with Crippen molar-refractivity contribution in [3.63, 3.8) is 0 Å². The van der Waals surface area contributed by atoms with Gasteiger partial charge in [0.25, 0.3) is 0 Å². The van der Waals surface area contributed by atoms with Crippen LogP contribution in [0.3, 0.4) is 0 Å². The second-order valence-corrected chi connectivity index (χ2v) is 3.54. The maximum absolute atomic E-state index is 5.49. The predicted octanol–water partition coefficient (Wildman–Crippen LogP) is 0.834. The van der Waals surface area contributed by atoms with Gasteiger partial charge in [0.15, 0.2) is 0 Å². The second-order valence-electron chi connectivity index (χ2n) is 3.54. The summed E-state index contributed by atoms with van der Waals surface area (Å²) in [4.78, 5) is 0. The molecule has 0 aromatic carbocycles. The molecule has 1 aromatic rings. The lowest BCUT2D eigenvalue weighted by atomic mass is 10.1. The van der Waals surface area contributed by atoms with Crippen LogP contribution >= 0.6 is 0 Å². The molecular weight excluding hydrogens is 192 g/mol. The van der Waals surface area contributed by atoms with Crippen LogP contribution in [0.4, 0.5) is 0 Å². The van der Waals surface area contributed by atoms with Gasteiger partial charge in [0.2, 0.25) is 0 Å². The van der Waals surface area contributed by atoms with E-state index in [1.165, 1.54) is 0 Å². The fourth-order valence-electron chi connectivity index (χ4n) is 1.49. The molecule has 1 atom stereocenters. The smallest absolute Gasteiger partial charge is 0.0538 e. The molecule has 0 bridgehead atoms. The Kier molecular flexibility index (Phi) is 5.31. The summed E-state index contributed by atoms with van der Waals surface area (Å²) in [5, 5.41) is 4.26. The van der Waals surface area contributed by atoms with E-state index in [0.29, 0.717) is 6.61 Å². The Morgan fingerprint density at radius 2 is 2.47 bits per heavy atom. The maximum Gasteiger partial charge on any atom is 0.0538 e. The Bertz CT molecular complexity index is 274. The van der Waals surface area contributed by atoms with Crippen LogP contribution in [-0.2, 0) is 11.3 Å². The molecule has 0 aliphatic carbocycles. The molecule has 1 aromatic heterocycles. The number of nitrogens with one attached hydrogen (secondary N) is 1. The maximum atomic E-state index is 5.49. The van der Waals surface area contributed by atoms with Crippen molar-refractivity contribution in [1.82, 2.24) is 15.2 Å². The predicted molar refractivity (Wildman–Crippen MR) is 59.1 cm³/mol. The van der Waals surface area contributed by atoms with E-state index in [1.807, 2.05) is 17.1 Å². The van der Waals surface area contributed by atoms with Crippen molar-refractivity contribution in [3.8, 4) is 0 Å². The third-order valence-corrected chi connectivity index (χ3v) is 2.32. The van der Waals surface area contributed by atoms with Crippen LogP contribution in [0.1, 0.15) is 31.4 Å². The van der Waals surface area contributed by atoms with Gasteiger partial charge in [-0.1, -0.05) is 6.92 Å². The van der Waals surface area contributed by atoms with Crippen molar-refractivity contribution < 1.29 is 4.74 Å². The molecule has 1 unspecified atom stereocenters. The summed E-state index contributed by atoms with van der Waals surface area (Å²) in [6.07, 6.45) is 5.82. The average Bonchev–Trinajstić information content (AvgIpc) is 2.68. The fourth-order valence-corrected chi connectivity index (χ4v) is 1.49. The van der Waals surface area contributed by atoms with Crippen molar-refractivity contribution in [3.05, 3.63) is 18.0 Å². The fraction of sp³-hybridized carbons (Fsp3) is 0.700. The zero-order valence-corrected chi connectivity index (χ0v) is 9.44. The number of rotatable bonds is 7. The van der Waals surface area contributed by atoms with Gasteiger partial charge >= 0.3 is 0 Å². The number of hydrogen-bond acceptors (Lipinski definition) is 4. The monoisotopic (exact) mass is 212 g/mol. The Hall–Kier alpha value is -0.910. The van der Waals surface area contributed by atoms with Gasteiger partial charge in [0.05, 0.1) is 12.2 Å². The normalized spacial score (nSPS) is 13.0. The van der Waals surface area contributed by atoms with Gasteiger partial charge in [0.1, 0.15) is 0 Å². The molecule has 86 valence electrons. The number of nitrogens with two attached hydrogens (primary N) is 1. The van der Waals surface area contributed by atoms with Gasteiger partial charge in [-0.3, -0.25) is 16.0 Å². The third-order valence-electron chi connectivity index (χ3n) is 2.32. The molecule has 0 aliphatic heterocycles. The van der Waals surface area contributed by atoms with Crippen molar-refractivity contribution in [2.24, 2.45) is 5.84 Å². The highest BCUT2D eigenvalue weighted by molar-refractivity contribution is 5.09. The quantitative estimate of drug-likeness (QED) is 0.519. The summed E-state index contributed by atoms with van der Waals surface area (Å²) in [6.45, 7) is 3.76. The number of hydrazine groups is 1. The summed E-state index contributed by atoms with van der Waals surface area (Å²) in [7, 11) is 1.69. The van der Waals surface area contributed by atoms with Gasteiger partial charge in [-0.05, 0) is 12.8 Å². The largest absolute Gasteiger partial charge is 0.385 e. The van der Waals surface area contributed by atoms with E-state index in [2.05, 4.69) is 17.4 Å². The van der Waals surface area contributed by atoms with Crippen LogP contribution in [0.25, 0.3) is 0 Å². The molecule has 15 heavy (non-hydrogen) atoms. The molecule has 0 radical (unpaired) electrons. The summed E-state index contributed by atoms with van der Waals surface area (Å²) in [5.41, 5.74) is 3.89. The lowest BCUT2D eigenvalue weighted by Gasteiger charge is -2.12. The van der Waals surface area contributed by atoms with E-state index in [-0.39, 0.29) is 6.04 Å². The van der Waals surface area contributed by atoms with Crippen molar-refractivity contribution in [1.29, 1.82) is 0 Å². The number of hydrogen-bond donors (Lipinski definition) is 2. The zero-order chi connectivity index (χ0) is 11.1. The Morgan fingerprint density at radius 3 is 3.07 bits per heavy atom. The van der Waals surface area contributed by atoms with Crippen LogP contribution in [0, 0.1) is 0 Å². The molecule has 0 aliphatic rings. The summed E-state index contributed by atoms with van der Waals surface area (Å²) < 4.78 is 6.96. The lowest BCUT2D eigenvalue weighted by Crippen LogP contribution is -2.28. The van der Waals surface area contributed by atoms with Crippen LogP contribution in [-0.4, -0.2) is 23.5 Å². The second kappa shape index (κ2) is 6.55. The number of aryl methyl sites for hydroxylation is 1. The van der Waals surface area contributed by atoms with Crippen molar-refractivity contribution in [2.75, 3.05) is 13.7 Å². The minimum Gasteiger partial charge on any atom is -0.385 e. The first-order chi connectivity index (χ1) is 7.31. The van der Waals surface area contributed by atoms with E-state index in [1.54, 1.807) is 7.11 Å². The van der Waals surface area contributed by atoms with E-state index in [0.717, 1.165) is 24.9 Å². The molecule has 0 amide bonds. The number of methoxy groups -OCH3 is 1. The standard InChI is InChI=1S/C10H20N4O/c1-3-5-14-8-9(7-12-14)10(13-11)4-6-15-2/h7-8,10,13H,3-6,11H2,1-2H3. The van der Waals surface area contributed by atoms with Crippen LogP contribution in [0.15, 0.2) is 12.4 Å². The van der Waals surface area contributed by atoms with E-state index < -0.39 is 0 Å². The first-order valence-electron chi connectivity index (χ1n) is 5.29. The number of ether oxygens (including phenoxy) is 1. The van der Waals surface area contributed by atoms with Crippen LogP contribution in [0.2, 0.25) is 0 Å². The van der Waals surface area contributed by atoms with E-state index in [4.69, 9.17) is 10.6 Å². The molecule has 0 saturated carbocycles. The minimum absolute atomic E-state index is 0.121. The van der Waals surface area contributed by atoms with Gasteiger partial charge in [-0.15, -0.1) is 0 Å². The van der Waals surface area contributed by atoms with Gasteiger partial charge in [0, 0.05) is 32.0 Å². The van der Waals surface area contributed by atoms with Gasteiger partial charge < -0.3 is 4.74 Å². The molecule has 5 heteroatoms. The molecule has 0 spiro atoms. The highest BCUT2D eigenvalue weighted by Gasteiger charge is 2.11. The Balaban J connectivity index is 2.57. The summed E-state index contributed by atoms with van der Waals surface area (Å²) in [6, 6.07) is 0.121. The molecule has 5 nitrogen and oxygen atoms in total. The molecule has 3 N–H and O–H groups in total. The Morgan fingerprint density at radius 1 is 1.67 bits per heavy atom. The molecular formula is C10H20N4O. The van der Waals surface area contributed by atoms with Crippen molar-refractivity contribution >= 4 is 0 Å². The topological polar surface area (TPSA) is 65.1 Å². The van der Waals surface area contributed by atoms with Crippen molar-refractivity contribution in [2.45, 2.75) is 32.4 Å². The number of nitrogens with zero attached hydrogens (tertiary/aromatic N) is 2. The zero-order valence-electron chi connectivity index (χ0n) is 9.44. The first kappa shape index (κ1) is 12.2.